The van der Waals surface area contributed by atoms with Crippen LogP contribution >= 0.6 is 11.3 Å². The summed E-state index contributed by atoms with van der Waals surface area (Å²) in [7, 11) is -4.35. The van der Waals surface area contributed by atoms with E-state index >= 15 is 0 Å². The first kappa shape index (κ1) is 21.0. The number of hydrogen-bond donors (Lipinski definition) is 0. The summed E-state index contributed by atoms with van der Waals surface area (Å²) in [5.74, 6) is 0.277. The van der Waals surface area contributed by atoms with Crippen molar-refractivity contribution in [3.63, 3.8) is 0 Å². The molecule has 0 amide bonds. The molecule has 2 aromatic rings. The Morgan fingerprint density at radius 1 is 1.15 bits per heavy atom. The molecule has 0 saturated heterocycles. The van der Waals surface area contributed by atoms with E-state index in [-0.39, 0.29) is 22.4 Å². The molecule has 1 aromatic carbocycles. The van der Waals surface area contributed by atoms with E-state index in [0.29, 0.717) is 6.54 Å². The topological polar surface area (TPSA) is 84.4 Å². The van der Waals surface area contributed by atoms with E-state index < -0.39 is 19.7 Å². The van der Waals surface area contributed by atoms with Crippen LogP contribution in [0.4, 0.5) is 0 Å². The van der Waals surface area contributed by atoms with Gasteiger partial charge in [-0.2, -0.15) is 0 Å². The molecule has 26 heavy (non-hydrogen) atoms. The van der Waals surface area contributed by atoms with Crippen LogP contribution in [0.5, 0.6) is 0 Å². The quantitative estimate of drug-likeness (QED) is 0.657. The van der Waals surface area contributed by atoms with Crippen LogP contribution in [0.2, 0.25) is 0 Å². The second-order valence-electron chi connectivity index (χ2n) is 6.40. The Hall–Kier alpha value is -1.29. The van der Waals surface area contributed by atoms with Crippen molar-refractivity contribution >= 4 is 31.0 Å². The van der Waals surface area contributed by atoms with Crippen molar-refractivity contribution in [2.45, 2.75) is 31.3 Å². The van der Waals surface area contributed by atoms with Gasteiger partial charge in [0, 0.05) is 35.5 Å². The molecule has 0 saturated carbocycles. The first-order chi connectivity index (χ1) is 12.0. The van der Waals surface area contributed by atoms with Crippen molar-refractivity contribution in [1.82, 2.24) is 9.88 Å². The molecule has 9 heteroatoms. The minimum atomic E-state index is -3.21. The predicted octanol–water partition coefficient (Wildman–Crippen LogP) is 2.47. The van der Waals surface area contributed by atoms with Gasteiger partial charge in [0.15, 0.2) is 19.7 Å². The van der Waals surface area contributed by atoms with Gasteiger partial charge in [0.2, 0.25) is 0 Å². The summed E-state index contributed by atoms with van der Waals surface area (Å²) in [6.45, 7) is 4.10. The molecule has 0 aliphatic carbocycles. The number of sulfone groups is 2. The normalized spacial score (nSPS) is 13.9. The lowest BCUT2D eigenvalue weighted by molar-refractivity contribution is 0.264. The largest absolute Gasteiger partial charge is 0.297 e. The molecule has 2 rings (SSSR count). The third kappa shape index (κ3) is 5.60. The molecule has 0 bridgehead atoms. The third-order valence-corrected chi connectivity index (χ3v) is 8.12. The molecule has 0 aliphatic rings. The second kappa shape index (κ2) is 8.16. The smallest absolute Gasteiger partial charge is 0.175 e. The molecule has 144 valence electrons. The number of nitrogens with zero attached hydrogens (tertiary/aromatic N) is 2. The van der Waals surface area contributed by atoms with E-state index in [9.17, 15) is 16.8 Å². The summed E-state index contributed by atoms with van der Waals surface area (Å²) in [5.41, 5.74) is 1.72. The number of hydrogen-bond acceptors (Lipinski definition) is 7. The van der Waals surface area contributed by atoms with Gasteiger partial charge in [-0.25, -0.2) is 21.8 Å². The number of rotatable bonds is 8. The maximum absolute atomic E-state index is 11.8. The Balaban J connectivity index is 2.08. The van der Waals surface area contributed by atoms with Crippen LogP contribution in [0.3, 0.4) is 0 Å². The van der Waals surface area contributed by atoms with Crippen molar-refractivity contribution in [2.24, 2.45) is 0 Å². The van der Waals surface area contributed by atoms with E-state index in [1.807, 2.05) is 24.3 Å². The zero-order valence-electron chi connectivity index (χ0n) is 15.3. The van der Waals surface area contributed by atoms with Crippen LogP contribution in [0.25, 0.3) is 10.6 Å². The molecule has 0 spiro atoms. The third-order valence-electron chi connectivity index (χ3n) is 4.18. The summed E-state index contributed by atoms with van der Waals surface area (Å²) in [6.07, 6.45) is 1.18. The van der Waals surface area contributed by atoms with Gasteiger partial charge >= 0.3 is 0 Å². The Kier molecular flexibility index (Phi) is 6.60. The highest BCUT2D eigenvalue weighted by Crippen LogP contribution is 2.25. The van der Waals surface area contributed by atoms with Crippen LogP contribution in [-0.4, -0.2) is 57.6 Å². The fourth-order valence-corrected chi connectivity index (χ4v) is 5.05. The highest BCUT2D eigenvalue weighted by atomic mass is 32.2. The van der Waals surface area contributed by atoms with Crippen LogP contribution in [-0.2, 0) is 26.2 Å². The van der Waals surface area contributed by atoms with Crippen molar-refractivity contribution in [2.75, 3.05) is 24.8 Å². The van der Waals surface area contributed by atoms with Crippen molar-refractivity contribution < 1.29 is 16.8 Å². The monoisotopic (exact) mass is 416 g/mol. The highest BCUT2D eigenvalue weighted by Gasteiger charge is 2.18. The number of thiazole rings is 1. The van der Waals surface area contributed by atoms with Crippen molar-refractivity contribution in [3.8, 4) is 10.6 Å². The van der Waals surface area contributed by atoms with Gasteiger partial charge in [0.25, 0.3) is 0 Å². The Morgan fingerprint density at radius 2 is 1.77 bits per heavy atom. The molecule has 1 aromatic heterocycles. The lowest BCUT2D eigenvalue weighted by Crippen LogP contribution is -2.35. The number of benzene rings is 1. The molecule has 6 nitrogen and oxygen atoms in total. The lowest BCUT2D eigenvalue weighted by Gasteiger charge is -2.23. The van der Waals surface area contributed by atoms with Gasteiger partial charge in [-0.3, -0.25) is 4.90 Å². The first-order valence-corrected chi connectivity index (χ1v) is 12.8. The summed E-state index contributed by atoms with van der Waals surface area (Å²) in [5, 5.41) is 2.75. The van der Waals surface area contributed by atoms with Crippen LogP contribution in [0.15, 0.2) is 34.5 Å². The zero-order chi connectivity index (χ0) is 19.5. The summed E-state index contributed by atoms with van der Waals surface area (Å²) in [6, 6.07) is 6.56. The van der Waals surface area contributed by atoms with Gasteiger partial charge < -0.3 is 0 Å². The van der Waals surface area contributed by atoms with E-state index in [4.69, 9.17) is 0 Å². The maximum Gasteiger partial charge on any atom is 0.175 e. The minimum Gasteiger partial charge on any atom is -0.297 e. The SMILES string of the molecule is CCS(=O)(=O)C[C@@H](C)N(C)Cc1csc(-c2ccc(S(C)(=O)=O)cc2)n1. The lowest BCUT2D eigenvalue weighted by atomic mass is 10.2. The van der Waals surface area contributed by atoms with Gasteiger partial charge in [-0.05, 0) is 26.1 Å². The predicted molar refractivity (Wildman–Crippen MR) is 106 cm³/mol. The molecule has 1 atom stereocenters. The average Bonchev–Trinajstić information content (AvgIpc) is 3.02. The summed E-state index contributed by atoms with van der Waals surface area (Å²) >= 11 is 1.48. The maximum atomic E-state index is 11.8. The fourth-order valence-electron chi connectivity index (χ4n) is 2.38. The van der Waals surface area contributed by atoms with Gasteiger partial charge in [0.1, 0.15) is 5.01 Å². The molecular formula is C17H24N2O4S3. The fraction of sp³-hybridized carbons (Fsp3) is 0.471. The second-order valence-corrected chi connectivity index (χ2v) is 11.7. The average molecular weight is 417 g/mol. The van der Waals surface area contributed by atoms with E-state index in [0.717, 1.165) is 16.3 Å². The molecule has 0 fully saturated rings. The van der Waals surface area contributed by atoms with Crippen LogP contribution in [0.1, 0.15) is 19.5 Å². The Labute approximate surface area is 159 Å². The van der Waals surface area contributed by atoms with Gasteiger partial charge in [0.05, 0.1) is 16.3 Å². The van der Waals surface area contributed by atoms with Crippen molar-refractivity contribution in [1.29, 1.82) is 0 Å². The number of aromatic nitrogens is 1. The van der Waals surface area contributed by atoms with Crippen LogP contribution in [0, 0.1) is 0 Å². The van der Waals surface area contributed by atoms with Gasteiger partial charge in [-0.1, -0.05) is 19.1 Å². The van der Waals surface area contributed by atoms with E-state index in [1.165, 1.54) is 17.6 Å². The van der Waals surface area contributed by atoms with Crippen molar-refractivity contribution in [3.05, 3.63) is 35.3 Å². The highest BCUT2D eigenvalue weighted by molar-refractivity contribution is 7.91. The first-order valence-electron chi connectivity index (χ1n) is 8.17. The Morgan fingerprint density at radius 3 is 2.31 bits per heavy atom. The van der Waals surface area contributed by atoms with Crippen LogP contribution < -0.4 is 0 Å². The van der Waals surface area contributed by atoms with Gasteiger partial charge in [-0.15, -0.1) is 11.3 Å². The minimum absolute atomic E-state index is 0.0980. The van der Waals surface area contributed by atoms with E-state index in [2.05, 4.69) is 4.98 Å². The molecular weight excluding hydrogens is 392 g/mol. The summed E-state index contributed by atoms with van der Waals surface area (Å²) < 4.78 is 46.6. The Bertz CT molecular complexity index is 948. The summed E-state index contributed by atoms with van der Waals surface area (Å²) in [4.78, 5) is 6.84. The molecule has 0 unspecified atom stereocenters. The standard InChI is InChI=1S/C17H24N2O4S3/c1-5-26(22,23)12-13(2)19(3)10-15-11-24-17(18-15)14-6-8-16(9-7-14)25(4,20)21/h6-9,11,13H,5,10,12H2,1-4H3/t13-/m1/s1. The molecule has 0 radical (unpaired) electrons. The molecule has 1 heterocycles. The van der Waals surface area contributed by atoms with E-state index in [1.54, 1.807) is 31.2 Å². The molecule has 0 N–H and O–H groups in total. The molecule has 0 aliphatic heterocycles. The zero-order valence-corrected chi connectivity index (χ0v) is 17.8.